The first-order valence-corrected chi connectivity index (χ1v) is 7.24. The van der Waals surface area contributed by atoms with Gasteiger partial charge in [0.25, 0.3) is 5.79 Å². The third kappa shape index (κ3) is 3.53. The molecular weight excluding hydrogens is 284 g/mol. The molecular formula is C17H20O5. The van der Waals surface area contributed by atoms with Crippen molar-refractivity contribution < 1.29 is 23.9 Å². The summed E-state index contributed by atoms with van der Waals surface area (Å²) in [6.45, 7) is 6.59. The third-order valence-corrected chi connectivity index (χ3v) is 3.60. The fourth-order valence-electron chi connectivity index (χ4n) is 2.41. The number of carbonyl (C=O) groups excluding carboxylic acids is 3. The molecule has 0 spiro atoms. The molecule has 0 radical (unpaired) electrons. The summed E-state index contributed by atoms with van der Waals surface area (Å²) in [5, 5.41) is 0. The number of ketones is 1. The predicted molar refractivity (Wildman–Crippen MR) is 78.8 cm³/mol. The average molecular weight is 304 g/mol. The number of cyclic esters (lactones) is 2. The van der Waals surface area contributed by atoms with Crippen LogP contribution in [-0.4, -0.2) is 23.5 Å². The van der Waals surface area contributed by atoms with Crippen LogP contribution in [0.2, 0.25) is 0 Å². The number of hydrogen-bond acceptors (Lipinski definition) is 5. The highest BCUT2D eigenvalue weighted by Crippen LogP contribution is 2.26. The molecule has 0 N–H and O–H groups in total. The van der Waals surface area contributed by atoms with Crippen LogP contribution in [0.3, 0.4) is 0 Å². The van der Waals surface area contributed by atoms with E-state index in [9.17, 15) is 14.4 Å². The minimum atomic E-state index is -1.48. The Morgan fingerprint density at radius 3 is 2.14 bits per heavy atom. The van der Waals surface area contributed by atoms with Gasteiger partial charge in [-0.3, -0.25) is 14.4 Å². The normalized spacial score (nSPS) is 19.3. The highest BCUT2D eigenvalue weighted by molar-refractivity contribution is 6.16. The Kier molecular flexibility index (Phi) is 4.35. The van der Waals surface area contributed by atoms with Crippen molar-refractivity contribution in [2.45, 2.75) is 39.9 Å². The van der Waals surface area contributed by atoms with E-state index in [1.807, 2.05) is 31.2 Å². The maximum atomic E-state index is 12.4. The van der Waals surface area contributed by atoms with Crippen LogP contribution in [-0.2, 0) is 30.3 Å². The molecule has 1 aromatic carbocycles. The highest BCUT2D eigenvalue weighted by Gasteiger charge is 2.48. The van der Waals surface area contributed by atoms with E-state index in [0.29, 0.717) is 6.42 Å². The van der Waals surface area contributed by atoms with Crippen molar-refractivity contribution in [3.05, 3.63) is 35.4 Å². The number of Topliss-reactive ketones (excluding diaryl/α,β-unsaturated/α-hetero) is 1. The lowest BCUT2D eigenvalue weighted by Gasteiger charge is -2.33. The molecule has 22 heavy (non-hydrogen) atoms. The van der Waals surface area contributed by atoms with E-state index in [4.69, 9.17) is 9.47 Å². The standard InChI is InChI=1S/C17H20O5/c1-10-5-7-12(8-6-10)9-11(2)14(18)13-15(19)21-17(3,4)22-16(13)20/h5-8,11,13H,9H2,1-4H3/t11-/m0/s1. The summed E-state index contributed by atoms with van der Waals surface area (Å²) in [5.74, 6) is -5.40. The SMILES string of the molecule is Cc1ccc(C[C@H](C)C(=O)C2C(=O)OC(C)(C)OC2=O)cc1. The molecule has 118 valence electrons. The van der Waals surface area contributed by atoms with E-state index in [-0.39, 0.29) is 0 Å². The lowest BCUT2D eigenvalue weighted by molar-refractivity contribution is -0.238. The van der Waals surface area contributed by atoms with E-state index in [1.54, 1.807) is 6.92 Å². The van der Waals surface area contributed by atoms with Crippen molar-refractivity contribution in [3.8, 4) is 0 Å². The zero-order valence-corrected chi connectivity index (χ0v) is 13.2. The maximum absolute atomic E-state index is 12.4. The van der Waals surface area contributed by atoms with E-state index < -0.39 is 35.3 Å². The number of aryl methyl sites for hydroxylation is 1. The van der Waals surface area contributed by atoms with Crippen molar-refractivity contribution in [1.82, 2.24) is 0 Å². The Morgan fingerprint density at radius 2 is 1.64 bits per heavy atom. The first kappa shape index (κ1) is 16.2. The fourth-order valence-corrected chi connectivity index (χ4v) is 2.41. The van der Waals surface area contributed by atoms with Crippen LogP contribution in [0.5, 0.6) is 0 Å². The lowest BCUT2D eigenvalue weighted by Crippen LogP contribution is -2.50. The molecule has 0 aromatic heterocycles. The Morgan fingerprint density at radius 1 is 1.14 bits per heavy atom. The quantitative estimate of drug-likeness (QED) is 0.630. The second-order valence-electron chi connectivity index (χ2n) is 6.17. The van der Waals surface area contributed by atoms with E-state index in [1.165, 1.54) is 13.8 Å². The van der Waals surface area contributed by atoms with Gasteiger partial charge in [-0.25, -0.2) is 0 Å². The van der Waals surface area contributed by atoms with Gasteiger partial charge in [0.1, 0.15) is 0 Å². The van der Waals surface area contributed by atoms with Crippen molar-refractivity contribution in [1.29, 1.82) is 0 Å². The zero-order chi connectivity index (χ0) is 16.5. The molecule has 5 nitrogen and oxygen atoms in total. The first-order chi connectivity index (χ1) is 10.2. The minimum Gasteiger partial charge on any atom is -0.422 e. The second kappa shape index (κ2) is 5.91. The number of benzene rings is 1. The van der Waals surface area contributed by atoms with Gasteiger partial charge in [-0.05, 0) is 18.9 Å². The van der Waals surface area contributed by atoms with Crippen molar-refractivity contribution >= 4 is 17.7 Å². The monoisotopic (exact) mass is 304 g/mol. The van der Waals surface area contributed by atoms with Gasteiger partial charge in [0.15, 0.2) is 5.78 Å². The van der Waals surface area contributed by atoms with Crippen molar-refractivity contribution in [2.75, 3.05) is 0 Å². The molecule has 1 fully saturated rings. The van der Waals surface area contributed by atoms with Gasteiger partial charge in [0.05, 0.1) is 0 Å². The van der Waals surface area contributed by atoms with Gasteiger partial charge >= 0.3 is 11.9 Å². The van der Waals surface area contributed by atoms with Crippen LogP contribution in [0.1, 0.15) is 31.9 Å². The van der Waals surface area contributed by atoms with E-state index >= 15 is 0 Å². The smallest absolute Gasteiger partial charge is 0.331 e. The summed E-state index contributed by atoms with van der Waals surface area (Å²) in [6.07, 6.45) is 0.458. The average Bonchev–Trinajstić information content (AvgIpc) is 2.38. The van der Waals surface area contributed by atoms with E-state index in [2.05, 4.69) is 0 Å². The van der Waals surface area contributed by atoms with Crippen molar-refractivity contribution in [2.24, 2.45) is 11.8 Å². The molecule has 0 amide bonds. The molecule has 0 bridgehead atoms. The van der Waals surface area contributed by atoms with Gasteiger partial charge < -0.3 is 9.47 Å². The summed E-state index contributed by atoms with van der Waals surface area (Å²) >= 11 is 0. The van der Waals surface area contributed by atoms with Gasteiger partial charge in [0, 0.05) is 19.8 Å². The summed E-state index contributed by atoms with van der Waals surface area (Å²) in [7, 11) is 0. The molecule has 2 rings (SSSR count). The number of carbonyl (C=O) groups is 3. The third-order valence-electron chi connectivity index (χ3n) is 3.60. The van der Waals surface area contributed by atoms with Crippen LogP contribution in [0.25, 0.3) is 0 Å². The van der Waals surface area contributed by atoms with Crippen LogP contribution in [0.15, 0.2) is 24.3 Å². The number of ether oxygens (including phenoxy) is 2. The molecule has 1 saturated heterocycles. The summed E-state index contributed by atoms with van der Waals surface area (Å²) in [4.78, 5) is 36.2. The summed E-state index contributed by atoms with van der Waals surface area (Å²) in [6, 6.07) is 7.77. The topological polar surface area (TPSA) is 69.7 Å². The number of esters is 2. The molecule has 1 aliphatic rings. The molecule has 1 heterocycles. The zero-order valence-electron chi connectivity index (χ0n) is 13.2. The molecule has 1 atom stereocenters. The lowest BCUT2D eigenvalue weighted by atomic mass is 9.88. The fraction of sp³-hybridized carbons (Fsp3) is 0.471. The van der Waals surface area contributed by atoms with Gasteiger partial charge in [-0.2, -0.15) is 0 Å². The number of rotatable bonds is 4. The molecule has 0 aliphatic carbocycles. The van der Waals surface area contributed by atoms with Crippen LogP contribution in [0, 0.1) is 18.8 Å². The number of hydrogen-bond donors (Lipinski definition) is 0. The molecule has 1 aromatic rings. The second-order valence-corrected chi connectivity index (χ2v) is 6.17. The Bertz CT molecular complexity index is 580. The van der Waals surface area contributed by atoms with Gasteiger partial charge in [-0.15, -0.1) is 0 Å². The predicted octanol–water partition coefficient (Wildman–Crippen LogP) is 2.20. The summed E-state index contributed by atoms with van der Waals surface area (Å²) in [5.41, 5.74) is 2.11. The van der Waals surface area contributed by atoms with Crippen molar-refractivity contribution in [3.63, 3.8) is 0 Å². The van der Waals surface area contributed by atoms with E-state index in [0.717, 1.165) is 11.1 Å². The van der Waals surface area contributed by atoms with Crippen LogP contribution >= 0.6 is 0 Å². The molecule has 5 heteroatoms. The summed E-state index contributed by atoms with van der Waals surface area (Å²) < 4.78 is 9.98. The highest BCUT2D eigenvalue weighted by atomic mass is 16.7. The molecule has 1 aliphatic heterocycles. The molecule has 0 saturated carbocycles. The van der Waals surface area contributed by atoms with Crippen LogP contribution < -0.4 is 0 Å². The Balaban J connectivity index is 2.08. The first-order valence-electron chi connectivity index (χ1n) is 7.24. The molecule has 0 unspecified atom stereocenters. The van der Waals surface area contributed by atoms with Crippen LogP contribution in [0.4, 0.5) is 0 Å². The Labute approximate surface area is 129 Å². The largest absolute Gasteiger partial charge is 0.422 e. The van der Waals surface area contributed by atoms with Gasteiger partial charge in [0.2, 0.25) is 5.92 Å². The Hall–Kier alpha value is -2.17. The van der Waals surface area contributed by atoms with Gasteiger partial charge in [-0.1, -0.05) is 36.8 Å². The minimum absolute atomic E-state index is 0.458. The maximum Gasteiger partial charge on any atom is 0.331 e.